The van der Waals surface area contributed by atoms with Gasteiger partial charge in [-0.15, -0.1) is 0 Å². The zero-order valence-corrected chi connectivity index (χ0v) is 12.2. The fourth-order valence-corrected chi connectivity index (χ4v) is 3.82. The average Bonchev–Trinajstić information content (AvgIpc) is 2.47. The van der Waals surface area contributed by atoms with Gasteiger partial charge in [-0.05, 0) is 43.4 Å². The third kappa shape index (κ3) is 3.31. The molecule has 2 fully saturated rings. The number of hydrogen-bond acceptors (Lipinski definition) is 2. The van der Waals surface area contributed by atoms with Crippen molar-refractivity contribution in [2.75, 3.05) is 19.6 Å². The number of halogens is 2. The molecule has 1 heterocycles. The van der Waals surface area contributed by atoms with Gasteiger partial charge in [0.25, 0.3) is 0 Å². The molecule has 1 saturated heterocycles. The van der Waals surface area contributed by atoms with Crippen LogP contribution < -0.4 is 0 Å². The van der Waals surface area contributed by atoms with E-state index < -0.39 is 11.6 Å². The second-order valence-electron chi connectivity index (χ2n) is 6.38. The summed E-state index contributed by atoms with van der Waals surface area (Å²) in [6, 6.07) is 3.17. The largest absolute Gasteiger partial charge is 0.296 e. The summed E-state index contributed by atoms with van der Waals surface area (Å²) >= 11 is 0. The minimum Gasteiger partial charge on any atom is -0.296 e. The van der Waals surface area contributed by atoms with E-state index in [1.54, 1.807) is 0 Å². The number of ketones is 1. The highest BCUT2D eigenvalue weighted by molar-refractivity contribution is 5.97. The van der Waals surface area contributed by atoms with Crippen LogP contribution in [0, 0.1) is 23.5 Å². The third-order valence-electron chi connectivity index (χ3n) is 4.97. The maximum Gasteiger partial charge on any atom is 0.179 e. The van der Waals surface area contributed by atoms with E-state index in [1.165, 1.54) is 31.7 Å². The maximum atomic E-state index is 13.6. The molecule has 0 N–H and O–H groups in total. The highest BCUT2D eigenvalue weighted by Gasteiger charge is 2.31. The van der Waals surface area contributed by atoms with E-state index in [1.807, 2.05) is 0 Å². The van der Waals surface area contributed by atoms with Crippen molar-refractivity contribution >= 4 is 5.78 Å². The molecule has 1 aromatic carbocycles. The summed E-state index contributed by atoms with van der Waals surface area (Å²) in [5.74, 6) is -0.146. The molecule has 2 unspecified atom stereocenters. The normalized spacial score (nSPS) is 26.4. The number of hydrogen-bond donors (Lipinski definition) is 0. The maximum absolute atomic E-state index is 13.6. The predicted octanol–water partition coefficient (Wildman–Crippen LogP) is 3.66. The van der Waals surface area contributed by atoms with Gasteiger partial charge in [0.05, 0.1) is 12.1 Å². The van der Waals surface area contributed by atoms with Crippen LogP contribution in [0.3, 0.4) is 0 Å². The molecule has 1 saturated carbocycles. The lowest BCUT2D eigenvalue weighted by atomic mass is 9.75. The topological polar surface area (TPSA) is 20.3 Å². The molecule has 0 spiro atoms. The molecular weight excluding hydrogens is 272 g/mol. The zero-order chi connectivity index (χ0) is 14.8. The van der Waals surface area contributed by atoms with E-state index >= 15 is 0 Å². The predicted molar refractivity (Wildman–Crippen MR) is 77.2 cm³/mol. The van der Waals surface area contributed by atoms with Crippen LogP contribution in [-0.2, 0) is 0 Å². The van der Waals surface area contributed by atoms with Gasteiger partial charge in [-0.1, -0.05) is 19.3 Å². The Morgan fingerprint density at radius 3 is 2.67 bits per heavy atom. The number of rotatable bonds is 3. The highest BCUT2D eigenvalue weighted by atomic mass is 19.1. The Morgan fingerprint density at radius 1 is 1.14 bits per heavy atom. The molecular formula is C17H21F2NO. The number of Topliss-reactive ketones (excluding diaryl/α,β-unsaturated/α-hetero) is 1. The molecule has 1 aliphatic carbocycles. The average molecular weight is 293 g/mol. The standard InChI is InChI=1S/C17H21F2NO/c18-14-5-6-15(16(19)9-14)17(21)11-20-8-7-12-3-1-2-4-13(12)10-20/h5-6,9,12-13H,1-4,7-8,10-11H2. The molecule has 0 bridgehead atoms. The van der Waals surface area contributed by atoms with E-state index in [4.69, 9.17) is 0 Å². The van der Waals surface area contributed by atoms with Crippen molar-refractivity contribution < 1.29 is 13.6 Å². The summed E-state index contributed by atoms with van der Waals surface area (Å²) in [6.45, 7) is 2.10. The quantitative estimate of drug-likeness (QED) is 0.793. The van der Waals surface area contributed by atoms with Gasteiger partial charge in [0, 0.05) is 12.6 Å². The molecule has 1 aliphatic heterocycles. The Labute approximate surface area is 124 Å². The number of carbonyl (C=O) groups excluding carboxylic acids is 1. The van der Waals surface area contributed by atoms with Gasteiger partial charge in [-0.25, -0.2) is 8.78 Å². The van der Waals surface area contributed by atoms with Crippen LogP contribution in [-0.4, -0.2) is 30.3 Å². The SMILES string of the molecule is O=C(CN1CCC2CCCCC2C1)c1ccc(F)cc1F. The Morgan fingerprint density at radius 2 is 1.90 bits per heavy atom. The second-order valence-corrected chi connectivity index (χ2v) is 6.38. The van der Waals surface area contributed by atoms with Gasteiger partial charge in [0.1, 0.15) is 11.6 Å². The minimum absolute atomic E-state index is 0.00201. The molecule has 2 aliphatic rings. The molecule has 1 aromatic rings. The van der Waals surface area contributed by atoms with Crippen molar-refractivity contribution in [1.29, 1.82) is 0 Å². The van der Waals surface area contributed by atoms with E-state index in [0.29, 0.717) is 5.92 Å². The van der Waals surface area contributed by atoms with E-state index in [-0.39, 0.29) is 17.9 Å². The highest BCUT2D eigenvalue weighted by Crippen LogP contribution is 2.36. The Kier molecular flexibility index (Phi) is 4.34. The fourth-order valence-electron chi connectivity index (χ4n) is 3.82. The van der Waals surface area contributed by atoms with Crippen LogP contribution in [0.5, 0.6) is 0 Å². The number of nitrogens with zero attached hydrogens (tertiary/aromatic N) is 1. The van der Waals surface area contributed by atoms with Crippen LogP contribution >= 0.6 is 0 Å². The second kappa shape index (κ2) is 6.22. The summed E-state index contributed by atoms with van der Waals surface area (Å²) in [4.78, 5) is 14.3. The van der Waals surface area contributed by atoms with Crippen molar-refractivity contribution in [3.63, 3.8) is 0 Å². The first kappa shape index (κ1) is 14.6. The van der Waals surface area contributed by atoms with Crippen molar-refractivity contribution in [3.05, 3.63) is 35.4 Å². The lowest BCUT2D eigenvalue weighted by molar-refractivity contribution is 0.0710. The zero-order valence-electron chi connectivity index (χ0n) is 12.2. The van der Waals surface area contributed by atoms with E-state index in [0.717, 1.165) is 37.6 Å². The monoisotopic (exact) mass is 293 g/mol. The lowest BCUT2D eigenvalue weighted by Crippen LogP contribution is -2.43. The number of likely N-dealkylation sites (tertiary alicyclic amines) is 1. The van der Waals surface area contributed by atoms with Crippen LogP contribution in [0.4, 0.5) is 8.78 Å². The Bertz CT molecular complexity index is 532. The van der Waals surface area contributed by atoms with E-state index in [9.17, 15) is 13.6 Å². The molecule has 0 aromatic heterocycles. The van der Waals surface area contributed by atoms with Gasteiger partial charge in [-0.3, -0.25) is 9.69 Å². The number of benzene rings is 1. The van der Waals surface area contributed by atoms with Crippen LogP contribution in [0.15, 0.2) is 18.2 Å². The van der Waals surface area contributed by atoms with Crippen LogP contribution in [0.2, 0.25) is 0 Å². The number of carbonyl (C=O) groups is 1. The third-order valence-corrected chi connectivity index (χ3v) is 4.97. The van der Waals surface area contributed by atoms with Gasteiger partial charge in [-0.2, -0.15) is 0 Å². The Hall–Kier alpha value is -1.29. The fraction of sp³-hybridized carbons (Fsp3) is 0.588. The van der Waals surface area contributed by atoms with Crippen molar-refractivity contribution in [1.82, 2.24) is 4.90 Å². The van der Waals surface area contributed by atoms with Crippen molar-refractivity contribution in [2.24, 2.45) is 11.8 Å². The van der Waals surface area contributed by atoms with Gasteiger partial charge >= 0.3 is 0 Å². The lowest BCUT2D eigenvalue weighted by Gasteiger charge is -2.41. The minimum atomic E-state index is -0.757. The van der Waals surface area contributed by atoms with Crippen LogP contribution in [0.25, 0.3) is 0 Å². The molecule has 0 radical (unpaired) electrons. The van der Waals surface area contributed by atoms with Gasteiger partial charge in [0.15, 0.2) is 5.78 Å². The molecule has 2 nitrogen and oxygen atoms in total. The van der Waals surface area contributed by atoms with Crippen molar-refractivity contribution in [2.45, 2.75) is 32.1 Å². The molecule has 4 heteroatoms. The molecule has 3 rings (SSSR count). The summed E-state index contributed by atoms with van der Waals surface area (Å²) in [7, 11) is 0. The van der Waals surface area contributed by atoms with Crippen molar-refractivity contribution in [3.8, 4) is 0 Å². The summed E-state index contributed by atoms with van der Waals surface area (Å²) in [5, 5.41) is 0. The molecule has 2 atom stereocenters. The molecule has 0 amide bonds. The molecule has 21 heavy (non-hydrogen) atoms. The number of fused-ring (bicyclic) bond motifs is 1. The molecule has 114 valence electrons. The first-order chi connectivity index (χ1) is 10.1. The number of piperidine rings is 1. The van der Waals surface area contributed by atoms with Gasteiger partial charge in [0.2, 0.25) is 0 Å². The summed E-state index contributed by atoms with van der Waals surface area (Å²) in [5.41, 5.74) is 0.00201. The first-order valence-electron chi connectivity index (χ1n) is 7.84. The van der Waals surface area contributed by atoms with Crippen LogP contribution in [0.1, 0.15) is 42.5 Å². The van der Waals surface area contributed by atoms with Gasteiger partial charge < -0.3 is 0 Å². The summed E-state index contributed by atoms with van der Waals surface area (Å²) < 4.78 is 26.5. The Balaban J connectivity index is 1.62. The first-order valence-corrected chi connectivity index (χ1v) is 7.84. The van der Waals surface area contributed by atoms with E-state index in [2.05, 4.69) is 4.90 Å². The smallest absolute Gasteiger partial charge is 0.179 e. The summed E-state index contributed by atoms with van der Waals surface area (Å²) in [6.07, 6.45) is 6.33.